The number of nitrogens with one attached hydrogen (secondary N) is 2. The van der Waals surface area contributed by atoms with E-state index in [9.17, 15) is 9.90 Å². The Labute approximate surface area is 132 Å². The van der Waals surface area contributed by atoms with Crippen LogP contribution >= 0.6 is 22.9 Å². The summed E-state index contributed by atoms with van der Waals surface area (Å²) in [7, 11) is 0. The molecule has 1 atom stereocenters. The van der Waals surface area contributed by atoms with Crippen molar-refractivity contribution in [3.8, 4) is 0 Å². The summed E-state index contributed by atoms with van der Waals surface area (Å²) in [6, 6.07) is 8.34. The number of benzene rings is 1. The fraction of sp³-hybridized carbons (Fsp3) is 0.267. The Morgan fingerprint density at radius 2 is 2.05 bits per heavy atom. The van der Waals surface area contributed by atoms with Crippen LogP contribution in [-0.4, -0.2) is 24.3 Å². The van der Waals surface area contributed by atoms with Crippen molar-refractivity contribution in [3.63, 3.8) is 0 Å². The van der Waals surface area contributed by atoms with E-state index in [-0.39, 0.29) is 12.6 Å². The topological polar surface area (TPSA) is 61.4 Å². The van der Waals surface area contributed by atoms with E-state index in [2.05, 4.69) is 16.0 Å². The Morgan fingerprint density at radius 1 is 1.29 bits per heavy atom. The minimum absolute atomic E-state index is 0.167. The molecular weight excluding hydrogens is 308 g/mol. The first-order valence-corrected chi connectivity index (χ1v) is 7.93. The molecule has 1 aromatic carbocycles. The number of halogens is 1. The number of aliphatic hydroxyl groups excluding tert-OH is 1. The van der Waals surface area contributed by atoms with Crippen molar-refractivity contribution in [1.82, 2.24) is 10.6 Å². The van der Waals surface area contributed by atoms with Crippen LogP contribution in [0.3, 0.4) is 0 Å². The molecule has 112 valence electrons. The summed E-state index contributed by atoms with van der Waals surface area (Å²) >= 11 is 7.46. The standard InChI is InChI=1S/C15H17ClN2O2S/c16-13-3-1-12(2-4-13)14(9-19)18-15(20)17-7-5-11-6-8-21-10-11/h1-4,6,8,10,14,19H,5,7,9H2,(H2,17,18,20). The third-order valence-corrected chi connectivity index (χ3v) is 4.02. The molecule has 1 unspecified atom stereocenters. The van der Waals surface area contributed by atoms with Crippen LogP contribution < -0.4 is 10.6 Å². The highest BCUT2D eigenvalue weighted by Gasteiger charge is 2.13. The molecule has 0 bridgehead atoms. The van der Waals surface area contributed by atoms with Crippen molar-refractivity contribution in [2.75, 3.05) is 13.2 Å². The van der Waals surface area contributed by atoms with Crippen LogP contribution in [-0.2, 0) is 6.42 Å². The molecule has 1 aromatic heterocycles. The van der Waals surface area contributed by atoms with E-state index in [1.807, 2.05) is 11.4 Å². The molecule has 0 fully saturated rings. The van der Waals surface area contributed by atoms with E-state index in [0.29, 0.717) is 11.6 Å². The lowest BCUT2D eigenvalue weighted by Gasteiger charge is -2.17. The first kappa shape index (κ1) is 15.8. The second kappa shape index (κ2) is 8.02. The SMILES string of the molecule is O=C(NCCc1ccsc1)NC(CO)c1ccc(Cl)cc1. The first-order valence-electron chi connectivity index (χ1n) is 6.61. The van der Waals surface area contributed by atoms with Gasteiger partial charge in [0.15, 0.2) is 0 Å². The van der Waals surface area contributed by atoms with Crippen molar-refractivity contribution in [3.05, 3.63) is 57.2 Å². The molecule has 2 aromatic rings. The minimum Gasteiger partial charge on any atom is -0.394 e. The maximum absolute atomic E-state index is 11.8. The van der Waals surface area contributed by atoms with Crippen LogP contribution in [0.25, 0.3) is 0 Å². The Bertz CT molecular complexity index is 558. The second-order valence-electron chi connectivity index (χ2n) is 4.57. The molecule has 0 saturated heterocycles. The summed E-state index contributed by atoms with van der Waals surface area (Å²) in [5.74, 6) is 0. The number of hydrogen-bond acceptors (Lipinski definition) is 3. The van der Waals surface area contributed by atoms with Gasteiger partial charge in [-0.05, 0) is 46.5 Å². The fourth-order valence-corrected chi connectivity index (χ4v) is 2.72. The Balaban J connectivity index is 1.80. The normalized spacial score (nSPS) is 11.9. The van der Waals surface area contributed by atoms with Crippen LogP contribution in [0.2, 0.25) is 5.02 Å². The van der Waals surface area contributed by atoms with Gasteiger partial charge in [0, 0.05) is 11.6 Å². The van der Waals surface area contributed by atoms with Crippen molar-refractivity contribution in [2.45, 2.75) is 12.5 Å². The van der Waals surface area contributed by atoms with Gasteiger partial charge in [0.1, 0.15) is 0 Å². The number of thiophene rings is 1. The average Bonchev–Trinajstić information content (AvgIpc) is 2.99. The predicted octanol–water partition coefficient (Wildman–Crippen LogP) is 2.98. The van der Waals surface area contributed by atoms with Gasteiger partial charge in [0.25, 0.3) is 0 Å². The van der Waals surface area contributed by atoms with Crippen LogP contribution in [0.1, 0.15) is 17.2 Å². The van der Waals surface area contributed by atoms with E-state index < -0.39 is 6.04 Å². The van der Waals surface area contributed by atoms with Crippen LogP contribution in [0.15, 0.2) is 41.1 Å². The van der Waals surface area contributed by atoms with Gasteiger partial charge in [0.05, 0.1) is 12.6 Å². The molecule has 3 N–H and O–H groups in total. The summed E-state index contributed by atoms with van der Waals surface area (Å²) in [6.07, 6.45) is 0.793. The molecule has 1 heterocycles. The smallest absolute Gasteiger partial charge is 0.315 e. The first-order chi connectivity index (χ1) is 10.2. The van der Waals surface area contributed by atoms with Crippen molar-refractivity contribution >= 4 is 29.0 Å². The molecule has 2 amide bonds. The van der Waals surface area contributed by atoms with E-state index in [0.717, 1.165) is 12.0 Å². The van der Waals surface area contributed by atoms with Gasteiger partial charge >= 0.3 is 6.03 Å². The molecule has 0 spiro atoms. The summed E-state index contributed by atoms with van der Waals surface area (Å²) in [5.41, 5.74) is 2.02. The molecule has 2 rings (SSSR count). The summed E-state index contributed by atoms with van der Waals surface area (Å²) in [5, 5.41) is 19.6. The molecule has 0 aliphatic carbocycles. The molecule has 0 aliphatic heterocycles. The van der Waals surface area contributed by atoms with Gasteiger partial charge < -0.3 is 15.7 Å². The summed E-state index contributed by atoms with van der Waals surface area (Å²) < 4.78 is 0. The van der Waals surface area contributed by atoms with Crippen molar-refractivity contribution in [1.29, 1.82) is 0 Å². The lowest BCUT2D eigenvalue weighted by atomic mass is 10.1. The highest BCUT2D eigenvalue weighted by Crippen LogP contribution is 2.16. The molecule has 21 heavy (non-hydrogen) atoms. The van der Waals surface area contributed by atoms with Crippen LogP contribution in [0, 0.1) is 0 Å². The molecule has 4 nitrogen and oxygen atoms in total. The number of carbonyl (C=O) groups is 1. The van der Waals surface area contributed by atoms with E-state index in [1.165, 1.54) is 5.56 Å². The zero-order chi connectivity index (χ0) is 15.1. The molecule has 0 saturated carbocycles. The van der Waals surface area contributed by atoms with Crippen LogP contribution in [0.4, 0.5) is 4.79 Å². The average molecular weight is 325 g/mol. The number of urea groups is 1. The number of rotatable bonds is 6. The summed E-state index contributed by atoms with van der Waals surface area (Å²) in [6.45, 7) is 0.390. The van der Waals surface area contributed by atoms with Crippen molar-refractivity contribution in [2.24, 2.45) is 0 Å². The van der Waals surface area contributed by atoms with Crippen molar-refractivity contribution < 1.29 is 9.90 Å². The molecule has 6 heteroatoms. The molecular formula is C15H17ClN2O2S. The third kappa shape index (κ3) is 5.04. The van der Waals surface area contributed by atoms with Gasteiger partial charge in [-0.1, -0.05) is 23.7 Å². The fourth-order valence-electron chi connectivity index (χ4n) is 1.89. The maximum Gasteiger partial charge on any atom is 0.315 e. The number of hydrogen-bond donors (Lipinski definition) is 3. The van der Waals surface area contributed by atoms with Gasteiger partial charge in [-0.25, -0.2) is 4.79 Å². The largest absolute Gasteiger partial charge is 0.394 e. The maximum atomic E-state index is 11.8. The van der Waals surface area contributed by atoms with Gasteiger partial charge in [-0.2, -0.15) is 11.3 Å². The number of amides is 2. The minimum atomic E-state index is -0.441. The Morgan fingerprint density at radius 3 is 2.67 bits per heavy atom. The lowest BCUT2D eigenvalue weighted by molar-refractivity contribution is 0.217. The van der Waals surface area contributed by atoms with Gasteiger partial charge in [-0.15, -0.1) is 0 Å². The molecule has 0 radical (unpaired) electrons. The number of carbonyl (C=O) groups excluding carboxylic acids is 1. The Hall–Kier alpha value is -1.56. The van der Waals surface area contributed by atoms with Gasteiger partial charge in [0.2, 0.25) is 0 Å². The molecule has 0 aliphatic rings. The van der Waals surface area contributed by atoms with E-state index in [4.69, 9.17) is 11.6 Å². The zero-order valence-corrected chi connectivity index (χ0v) is 13.0. The predicted molar refractivity (Wildman–Crippen MR) is 85.8 cm³/mol. The van der Waals surface area contributed by atoms with Gasteiger partial charge in [-0.3, -0.25) is 0 Å². The lowest BCUT2D eigenvalue weighted by Crippen LogP contribution is -2.40. The van der Waals surface area contributed by atoms with Crippen LogP contribution in [0.5, 0.6) is 0 Å². The quantitative estimate of drug-likeness (QED) is 0.765. The highest BCUT2D eigenvalue weighted by atomic mass is 35.5. The zero-order valence-electron chi connectivity index (χ0n) is 11.4. The Kier molecular flexibility index (Phi) is 6.04. The van der Waals surface area contributed by atoms with E-state index >= 15 is 0 Å². The monoisotopic (exact) mass is 324 g/mol. The highest BCUT2D eigenvalue weighted by molar-refractivity contribution is 7.07. The summed E-state index contributed by atoms with van der Waals surface area (Å²) in [4.78, 5) is 11.8. The van der Waals surface area contributed by atoms with E-state index in [1.54, 1.807) is 35.6 Å². The third-order valence-electron chi connectivity index (χ3n) is 3.04. The second-order valence-corrected chi connectivity index (χ2v) is 5.79. The number of aliphatic hydroxyl groups is 1.